The zero-order valence-electron chi connectivity index (χ0n) is 5.59. The van der Waals surface area contributed by atoms with Gasteiger partial charge in [-0.25, -0.2) is 0 Å². The summed E-state index contributed by atoms with van der Waals surface area (Å²) in [5.41, 5.74) is 5.17. The molecule has 0 aromatic carbocycles. The SMILES string of the molecule is NSCNCCNC(N)=S. The summed E-state index contributed by atoms with van der Waals surface area (Å²) in [6, 6.07) is 0. The fourth-order valence-electron chi connectivity index (χ4n) is 0.405. The molecule has 0 aliphatic heterocycles. The van der Waals surface area contributed by atoms with E-state index in [-0.39, 0.29) is 0 Å². The highest BCUT2D eigenvalue weighted by atomic mass is 32.2. The molecule has 0 aromatic rings. The topological polar surface area (TPSA) is 76.1 Å². The third kappa shape index (κ3) is 7.96. The molecule has 0 aliphatic rings. The summed E-state index contributed by atoms with van der Waals surface area (Å²) < 4.78 is 0. The Morgan fingerprint density at radius 3 is 2.70 bits per heavy atom. The van der Waals surface area contributed by atoms with Gasteiger partial charge in [-0.1, -0.05) is 11.9 Å². The Morgan fingerprint density at radius 2 is 2.20 bits per heavy atom. The molecule has 0 amide bonds. The molecule has 0 saturated heterocycles. The number of nitrogens with two attached hydrogens (primary N) is 2. The lowest BCUT2D eigenvalue weighted by atomic mass is 10.6. The third-order valence-electron chi connectivity index (χ3n) is 0.786. The van der Waals surface area contributed by atoms with Crippen molar-refractivity contribution >= 4 is 29.3 Å². The summed E-state index contributed by atoms with van der Waals surface area (Å²) in [5, 5.41) is 11.3. The monoisotopic (exact) mass is 180 g/mol. The zero-order chi connectivity index (χ0) is 7.82. The standard InChI is InChI=1S/C4H12N4S2/c5-4(9)8-2-1-7-3-10-6/h7H,1-3,6H2,(H3,5,8,9). The molecule has 4 nitrogen and oxygen atoms in total. The van der Waals surface area contributed by atoms with E-state index < -0.39 is 0 Å². The second-order valence-electron chi connectivity index (χ2n) is 1.60. The predicted octanol–water partition coefficient (Wildman–Crippen LogP) is -1.03. The zero-order valence-corrected chi connectivity index (χ0v) is 7.23. The lowest BCUT2D eigenvalue weighted by Crippen LogP contribution is -2.35. The maximum Gasteiger partial charge on any atom is 0.163 e. The first-order valence-electron chi connectivity index (χ1n) is 2.83. The van der Waals surface area contributed by atoms with Gasteiger partial charge in [-0.05, 0) is 12.2 Å². The first-order valence-corrected chi connectivity index (χ1v) is 4.28. The highest BCUT2D eigenvalue weighted by Gasteiger charge is 1.85. The normalized spacial score (nSPS) is 9.30. The van der Waals surface area contributed by atoms with Crippen molar-refractivity contribution in [3.8, 4) is 0 Å². The molecule has 60 valence electrons. The van der Waals surface area contributed by atoms with Crippen molar-refractivity contribution in [2.45, 2.75) is 0 Å². The number of thiocarbonyl (C=S) groups is 1. The average Bonchev–Trinajstić information content (AvgIpc) is 1.87. The van der Waals surface area contributed by atoms with Crippen molar-refractivity contribution in [1.29, 1.82) is 0 Å². The van der Waals surface area contributed by atoms with Crippen molar-refractivity contribution < 1.29 is 0 Å². The summed E-state index contributed by atoms with van der Waals surface area (Å²) in [5.74, 6) is 0.749. The van der Waals surface area contributed by atoms with Crippen LogP contribution in [0.5, 0.6) is 0 Å². The van der Waals surface area contributed by atoms with E-state index >= 15 is 0 Å². The van der Waals surface area contributed by atoms with Gasteiger partial charge < -0.3 is 16.4 Å². The summed E-state index contributed by atoms with van der Waals surface area (Å²) in [7, 11) is 0. The number of hydrogen-bond acceptors (Lipinski definition) is 4. The van der Waals surface area contributed by atoms with Crippen molar-refractivity contribution in [1.82, 2.24) is 10.6 Å². The molecule has 0 aromatic heterocycles. The molecular weight excluding hydrogens is 168 g/mol. The molecule has 0 fully saturated rings. The molecule has 6 heteroatoms. The fraction of sp³-hybridized carbons (Fsp3) is 0.750. The van der Waals surface area contributed by atoms with Gasteiger partial charge in [0.25, 0.3) is 0 Å². The molecule has 0 rings (SSSR count). The second-order valence-corrected chi connectivity index (χ2v) is 2.66. The number of nitrogens with one attached hydrogen (secondary N) is 2. The predicted molar refractivity (Wildman–Crippen MR) is 49.4 cm³/mol. The van der Waals surface area contributed by atoms with Crippen LogP contribution in [0.15, 0.2) is 0 Å². The van der Waals surface area contributed by atoms with Crippen molar-refractivity contribution in [2.24, 2.45) is 10.9 Å². The highest BCUT2D eigenvalue weighted by molar-refractivity contribution is 7.97. The van der Waals surface area contributed by atoms with E-state index in [4.69, 9.17) is 10.9 Å². The molecule has 0 aliphatic carbocycles. The van der Waals surface area contributed by atoms with Crippen LogP contribution in [0, 0.1) is 0 Å². The van der Waals surface area contributed by atoms with Crippen LogP contribution in [0.25, 0.3) is 0 Å². The Morgan fingerprint density at radius 1 is 1.50 bits per heavy atom. The Kier molecular flexibility index (Phi) is 7.04. The first kappa shape index (κ1) is 9.96. The lowest BCUT2D eigenvalue weighted by Gasteiger charge is -2.03. The van der Waals surface area contributed by atoms with E-state index in [9.17, 15) is 0 Å². The maximum absolute atomic E-state index is 5.17. The van der Waals surface area contributed by atoms with Gasteiger partial charge in [0.05, 0.1) is 5.88 Å². The summed E-state index contributed by atoms with van der Waals surface area (Å²) >= 11 is 5.84. The maximum atomic E-state index is 5.17. The first-order chi connectivity index (χ1) is 4.77. The van der Waals surface area contributed by atoms with E-state index in [1.165, 1.54) is 11.9 Å². The Hall–Kier alpha value is -0.0400. The van der Waals surface area contributed by atoms with Crippen molar-refractivity contribution in [2.75, 3.05) is 19.0 Å². The van der Waals surface area contributed by atoms with Crippen LogP contribution in [0.4, 0.5) is 0 Å². The van der Waals surface area contributed by atoms with Crippen LogP contribution in [0.2, 0.25) is 0 Å². The lowest BCUT2D eigenvalue weighted by molar-refractivity contribution is 0.745. The molecule has 6 N–H and O–H groups in total. The molecule has 0 spiro atoms. The highest BCUT2D eigenvalue weighted by Crippen LogP contribution is 1.76. The van der Waals surface area contributed by atoms with Crippen molar-refractivity contribution in [3.63, 3.8) is 0 Å². The Bertz CT molecular complexity index is 97.3. The average molecular weight is 180 g/mol. The van der Waals surface area contributed by atoms with Gasteiger partial charge in [0.2, 0.25) is 0 Å². The van der Waals surface area contributed by atoms with Gasteiger partial charge in [-0.15, -0.1) is 0 Å². The molecular formula is C4H12N4S2. The molecule has 0 heterocycles. The number of hydrogen-bond donors (Lipinski definition) is 4. The summed E-state index contributed by atoms with van der Waals surface area (Å²) in [6.07, 6.45) is 0. The third-order valence-corrected chi connectivity index (χ3v) is 1.30. The van der Waals surface area contributed by atoms with Crippen LogP contribution in [0.1, 0.15) is 0 Å². The smallest absolute Gasteiger partial charge is 0.163 e. The van der Waals surface area contributed by atoms with Crippen LogP contribution < -0.4 is 21.5 Å². The van der Waals surface area contributed by atoms with Crippen LogP contribution in [0.3, 0.4) is 0 Å². The van der Waals surface area contributed by atoms with Gasteiger partial charge >= 0.3 is 0 Å². The van der Waals surface area contributed by atoms with E-state index in [0.29, 0.717) is 5.11 Å². The van der Waals surface area contributed by atoms with E-state index in [1.54, 1.807) is 0 Å². The summed E-state index contributed by atoms with van der Waals surface area (Å²) in [4.78, 5) is 0. The second kappa shape index (κ2) is 7.07. The molecule has 0 saturated carbocycles. The van der Waals surface area contributed by atoms with Crippen LogP contribution in [-0.2, 0) is 0 Å². The number of rotatable bonds is 5. The molecule has 0 atom stereocenters. The van der Waals surface area contributed by atoms with Crippen molar-refractivity contribution in [3.05, 3.63) is 0 Å². The molecule has 10 heavy (non-hydrogen) atoms. The van der Waals surface area contributed by atoms with E-state index in [0.717, 1.165) is 19.0 Å². The minimum Gasteiger partial charge on any atom is -0.376 e. The fourth-order valence-corrected chi connectivity index (χ4v) is 0.769. The van der Waals surface area contributed by atoms with Gasteiger partial charge in [0.1, 0.15) is 0 Å². The molecule has 0 bridgehead atoms. The largest absolute Gasteiger partial charge is 0.376 e. The quantitative estimate of drug-likeness (QED) is 0.188. The van der Waals surface area contributed by atoms with E-state index in [2.05, 4.69) is 22.9 Å². The van der Waals surface area contributed by atoms with Gasteiger partial charge in [-0.2, -0.15) is 0 Å². The Labute approximate surface area is 70.2 Å². The minimum atomic E-state index is 0.335. The van der Waals surface area contributed by atoms with E-state index in [1.807, 2.05) is 0 Å². The van der Waals surface area contributed by atoms with Crippen LogP contribution in [-0.4, -0.2) is 24.1 Å². The molecule has 0 unspecified atom stereocenters. The minimum absolute atomic E-state index is 0.335. The van der Waals surface area contributed by atoms with Gasteiger partial charge in [0, 0.05) is 13.1 Å². The Balaban J connectivity index is 2.84. The molecule has 0 radical (unpaired) electrons. The van der Waals surface area contributed by atoms with Crippen LogP contribution >= 0.6 is 24.2 Å². The van der Waals surface area contributed by atoms with Gasteiger partial charge in [-0.3, -0.25) is 5.14 Å². The van der Waals surface area contributed by atoms with Gasteiger partial charge in [0.15, 0.2) is 5.11 Å². The summed E-state index contributed by atoms with van der Waals surface area (Å²) in [6.45, 7) is 1.57.